The molecule has 0 spiro atoms. The summed E-state index contributed by atoms with van der Waals surface area (Å²) in [6, 6.07) is 2.00. The van der Waals surface area contributed by atoms with E-state index in [1.807, 2.05) is 6.07 Å². The Balaban J connectivity index is 2.29. The van der Waals surface area contributed by atoms with Gasteiger partial charge in [0.05, 0.1) is 18.9 Å². The standard InChI is InChI=1S/C9H10N4O/c10-9-8-3-6-4-14-2-1-7(6)12-13(8)5-11-9/h3,5H,1-2,4,10H2. The largest absolute Gasteiger partial charge is 0.382 e. The predicted octanol–water partition coefficient (Wildman–Crippen LogP) is 0.384. The highest BCUT2D eigenvalue weighted by Crippen LogP contribution is 2.19. The molecule has 72 valence electrons. The summed E-state index contributed by atoms with van der Waals surface area (Å²) in [6.07, 6.45) is 2.50. The number of nitrogens with two attached hydrogens (primary N) is 1. The monoisotopic (exact) mass is 190 g/mol. The molecule has 0 aromatic carbocycles. The van der Waals surface area contributed by atoms with Crippen LogP contribution in [0, 0.1) is 0 Å². The van der Waals surface area contributed by atoms with Gasteiger partial charge in [0.1, 0.15) is 11.8 Å². The van der Waals surface area contributed by atoms with Crippen molar-refractivity contribution in [3.63, 3.8) is 0 Å². The van der Waals surface area contributed by atoms with Crippen LogP contribution >= 0.6 is 0 Å². The third-order valence-corrected chi connectivity index (χ3v) is 2.47. The molecule has 0 saturated carbocycles. The van der Waals surface area contributed by atoms with E-state index in [1.165, 1.54) is 0 Å². The molecule has 5 heteroatoms. The van der Waals surface area contributed by atoms with Gasteiger partial charge in [0.25, 0.3) is 0 Å². The van der Waals surface area contributed by atoms with Crippen molar-refractivity contribution in [1.82, 2.24) is 14.6 Å². The van der Waals surface area contributed by atoms with Crippen LogP contribution in [0.15, 0.2) is 12.4 Å². The lowest BCUT2D eigenvalue weighted by molar-refractivity contribution is 0.109. The Morgan fingerprint density at radius 3 is 3.36 bits per heavy atom. The topological polar surface area (TPSA) is 65.4 Å². The average molecular weight is 190 g/mol. The molecular weight excluding hydrogens is 180 g/mol. The van der Waals surface area contributed by atoms with Crippen molar-refractivity contribution < 1.29 is 4.74 Å². The first kappa shape index (κ1) is 7.75. The van der Waals surface area contributed by atoms with Gasteiger partial charge in [0.2, 0.25) is 0 Å². The van der Waals surface area contributed by atoms with E-state index in [1.54, 1.807) is 10.8 Å². The van der Waals surface area contributed by atoms with Crippen LogP contribution in [0.4, 0.5) is 5.82 Å². The number of nitrogen functional groups attached to an aromatic ring is 1. The second-order valence-corrected chi connectivity index (χ2v) is 3.38. The van der Waals surface area contributed by atoms with Crippen molar-refractivity contribution in [2.45, 2.75) is 13.0 Å². The van der Waals surface area contributed by atoms with Gasteiger partial charge in [0, 0.05) is 12.0 Å². The summed E-state index contributed by atoms with van der Waals surface area (Å²) in [5, 5.41) is 4.43. The van der Waals surface area contributed by atoms with Gasteiger partial charge < -0.3 is 10.5 Å². The van der Waals surface area contributed by atoms with Crippen LogP contribution in [-0.4, -0.2) is 21.2 Å². The number of aromatic nitrogens is 3. The fourth-order valence-electron chi connectivity index (χ4n) is 1.71. The summed E-state index contributed by atoms with van der Waals surface area (Å²) in [4.78, 5) is 4.00. The van der Waals surface area contributed by atoms with Crippen LogP contribution in [0.3, 0.4) is 0 Å². The molecule has 1 aliphatic heterocycles. The third-order valence-electron chi connectivity index (χ3n) is 2.47. The number of hydrogen-bond acceptors (Lipinski definition) is 4. The van der Waals surface area contributed by atoms with E-state index in [-0.39, 0.29) is 0 Å². The maximum absolute atomic E-state index is 5.70. The molecule has 0 fully saturated rings. The lowest BCUT2D eigenvalue weighted by Crippen LogP contribution is -2.13. The van der Waals surface area contributed by atoms with Crippen LogP contribution in [0.5, 0.6) is 0 Å². The molecule has 0 unspecified atom stereocenters. The number of nitrogens with zero attached hydrogens (tertiary/aromatic N) is 3. The summed E-state index contributed by atoms with van der Waals surface area (Å²) in [6.45, 7) is 1.37. The molecule has 0 atom stereocenters. The minimum Gasteiger partial charge on any atom is -0.382 e. The van der Waals surface area contributed by atoms with Gasteiger partial charge in [-0.05, 0) is 6.07 Å². The number of anilines is 1. The fourth-order valence-corrected chi connectivity index (χ4v) is 1.71. The molecule has 2 aromatic heterocycles. The zero-order valence-corrected chi connectivity index (χ0v) is 7.60. The van der Waals surface area contributed by atoms with E-state index < -0.39 is 0 Å². The summed E-state index contributed by atoms with van der Waals surface area (Å²) in [5.74, 6) is 0.519. The van der Waals surface area contributed by atoms with E-state index in [9.17, 15) is 0 Å². The van der Waals surface area contributed by atoms with Gasteiger partial charge in [-0.2, -0.15) is 5.10 Å². The predicted molar refractivity (Wildman–Crippen MR) is 50.8 cm³/mol. The highest BCUT2D eigenvalue weighted by molar-refractivity contribution is 5.65. The first-order valence-electron chi connectivity index (χ1n) is 4.54. The van der Waals surface area contributed by atoms with Crippen LogP contribution in [0.2, 0.25) is 0 Å². The molecule has 2 aromatic rings. The van der Waals surface area contributed by atoms with Gasteiger partial charge in [-0.1, -0.05) is 0 Å². The minimum absolute atomic E-state index is 0.519. The second kappa shape index (κ2) is 2.68. The van der Waals surface area contributed by atoms with Gasteiger partial charge in [-0.25, -0.2) is 9.50 Å². The second-order valence-electron chi connectivity index (χ2n) is 3.38. The highest BCUT2D eigenvalue weighted by Gasteiger charge is 2.13. The summed E-state index contributed by atoms with van der Waals surface area (Å²) in [5.41, 5.74) is 8.76. The number of ether oxygens (including phenoxy) is 1. The number of hydrogen-bond donors (Lipinski definition) is 1. The van der Waals surface area contributed by atoms with Crippen molar-refractivity contribution in [1.29, 1.82) is 0 Å². The molecule has 0 bridgehead atoms. The lowest BCUT2D eigenvalue weighted by atomic mass is 10.1. The normalized spacial score (nSPS) is 15.7. The summed E-state index contributed by atoms with van der Waals surface area (Å²) >= 11 is 0. The van der Waals surface area contributed by atoms with E-state index in [4.69, 9.17) is 10.5 Å². The zero-order valence-electron chi connectivity index (χ0n) is 7.60. The molecular formula is C9H10N4O. The van der Waals surface area contributed by atoms with E-state index in [0.717, 1.165) is 29.8 Å². The van der Waals surface area contributed by atoms with Gasteiger partial charge in [0.15, 0.2) is 5.82 Å². The van der Waals surface area contributed by atoms with Crippen molar-refractivity contribution in [3.05, 3.63) is 23.7 Å². The van der Waals surface area contributed by atoms with Gasteiger partial charge in [-0.15, -0.1) is 0 Å². The Morgan fingerprint density at radius 2 is 2.43 bits per heavy atom. The van der Waals surface area contributed by atoms with Crippen molar-refractivity contribution in [2.24, 2.45) is 0 Å². The molecule has 0 saturated heterocycles. The first-order valence-corrected chi connectivity index (χ1v) is 4.54. The Morgan fingerprint density at radius 1 is 1.50 bits per heavy atom. The van der Waals surface area contributed by atoms with Crippen LogP contribution < -0.4 is 5.73 Å². The van der Waals surface area contributed by atoms with Crippen LogP contribution in [0.25, 0.3) is 5.52 Å². The van der Waals surface area contributed by atoms with Crippen molar-refractivity contribution >= 4 is 11.3 Å². The molecule has 1 aliphatic rings. The van der Waals surface area contributed by atoms with E-state index >= 15 is 0 Å². The Kier molecular flexibility index (Phi) is 1.49. The first-order chi connectivity index (χ1) is 6.84. The zero-order chi connectivity index (χ0) is 9.54. The SMILES string of the molecule is Nc1ncn2nc3c(cc12)COCC3. The summed E-state index contributed by atoms with van der Waals surface area (Å²) < 4.78 is 7.07. The van der Waals surface area contributed by atoms with Gasteiger partial charge in [-0.3, -0.25) is 0 Å². The number of imidazole rings is 1. The van der Waals surface area contributed by atoms with Crippen LogP contribution in [0.1, 0.15) is 11.3 Å². The Bertz CT molecular complexity index is 491. The third kappa shape index (κ3) is 0.990. The molecule has 3 rings (SSSR count). The summed E-state index contributed by atoms with van der Waals surface area (Å²) in [7, 11) is 0. The van der Waals surface area contributed by atoms with Crippen molar-refractivity contribution in [2.75, 3.05) is 12.3 Å². The molecule has 14 heavy (non-hydrogen) atoms. The smallest absolute Gasteiger partial charge is 0.151 e. The molecule has 5 nitrogen and oxygen atoms in total. The molecule has 3 heterocycles. The molecule has 2 N–H and O–H groups in total. The quantitative estimate of drug-likeness (QED) is 0.652. The Labute approximate surface area is 80.5 Å². The average Bonchev–Trinajstić information content (AvgIpc) is 2.57. The minimum atomic E-state index is 0.519. The molecule has 0 amide bonds. The number of rotatable bonds is 0. The van der Waals surface area contributed by atoms with Crippen LogP contribution in [-0.2, 0) is 17.8 Å². The fraction of sp³-hybridized carbons (Fsp3) is 0.333. The highest BCUT2D eigenvalue weighted by atomic mass is 16.5. The lowest BCUT2D eigenvalue weighted by Gasteiger charge is -2.15. The van der Waals surface area contributed by atoms with Crippen molar-refractivity contribution in [3.8, 4) is 0 Å². The van der Waals surface area contributed by atoms with E-state index in [2.05, 4.69) is 10.1 Å². The number of fused-ring (bicyclic) bond motifs is 2. The van der Waals surface area contributed by atoms with Gasteiger partial charge >= 0.3 is 0 Å². The molecule has 0 aliphatic carbocycles. The molecule has 0 radical (unpaired) electrons. The maximum Gasteiger partial charge on any atom is 0.151 e. The Hall–Kier alpha value is -1.62. The van der Waals surface area contributed by atoms with E-state index in [0.29, 0.717) is 12.4 Å². The maximum atomic E-state index is 5.70.